The zero-order valence-corrected chi connectivity index (χ0v) is 14.4. The van der Waals surface area contributed by atoms with Gasteiger partial charge in [-0.3, -0.25) is 0 Å². The number of aromatic nitrogens is 1. The van der Waals surface area contributed by atoms with Gasteiger partial charge < -0.3 is 19.7 Å². The Morgan fingerprint density at radius 1 is 1.42 bits per heavy atom. The highest BCUT2D eigenvalue weighted by atomic mass is 32.1. The van der Waals surface area contributed by atoms with Gasteiger partial charge in [0.25, 0.3) is 0 Å². The molecule has 1 N–H and O–H groups in total. The quantitative estimate of drug-likeness (QED) is 0.812. The molecule has 128 valence electrons. The number of methoxy groups -OCH3 is 1. The van der Waals surface area contributed by atoms with E-state index in [0.29, 0.717) is 24.8 Å². The van der Waals surface area contributed by atoms with Crippen molar-refractivity contribution in [3.63, 3.8) is 0 Å². The average Bonchev–Trinajstić information content (AvgIpc) is 3.27. The van der Waals surface area contributed by atoms with Crippen LogP contribution in [0.5, 0.6) is 5.88 Å². The molecule has 7 heteroatoms. The van der Waals surface area contributed by atoms with Crippen LogP contribution in [0, 0.1) is 0 Å². The van der Waals surface area contributed by atoms with Gasteiger partial charge in [-0.1, -0.05) is 6.07 Å². The number of nitrogens with zero attached hydrogens (tertiary/aromatic N) is 2. The van der Waals surface area contributed by atoms with E-state index in [-0.39, 0.29) is 12.1 Å². The van der Waals surface area contributed by atoms with Crippen LogP contribution in [0.25, 0.3) is 0 Å². The lowest BCUT2D eigenvalue weighted by Crippen LogP contribution is -2.34. The summed E-state index contributed by atoms with van der Waals surface area (Å²) in [5.41, 5.74) is 0.663. The van der Waals surface area contributed by atoms with E-state index in [1.54, 1.807) is 36.8 Å². The van der Waals surface area contributed by atoms with Crippen molar-refractivity contribution in [2.75, 3.05) is 32.2 Å². The van der Waals surface area contributed by atoms with E-state index in [1.807, 2.05) is 11.0 Å². The number of pyridine rings is 1. The Labute approximate surface area is 145 Å². The maximum atomic E-state index is 12.6. The molecule has 1 saturated heterocycles. The van der Waals surface area contributed by atoms with E-state index in [9.17, 15) is 4.79 Å². The largest absolute Gasteiger partial charge is 0.475 e. The number of hydrogen-bond acceptors (Lipinski definition) is 5. The molecule has 2 amide bonds. The predicted molar refractivity (Wildman–Crippen MR) is 93.6 cm³/mol. The van der Waals surface area contributed by atoms with Crippen molar-refractivity contribution in [2.45, 2.75) is 18.9 Å². The van der Waals surface area contributed by atoms with Crippen LogP contribution in [0.4, 0.5) is 10.5 Å². The summed E-state index contributed by atoms with van der Waals surface area (Å²) in [6.45, 7) is 1.74. The van der Waals surface area contributed by atoms with E-state index in [4.69, 9.17) is 9.47 Å². The Morgan fingerprint density at radius 2 is 2.33 bits per heavy atom. The molecular weight excluding hydrogens is 326 g/mol. The van der Waals surface area contributed by atoms with Crippen LogP contribution in [0.2, 0.25) is 0 Å². The summed E-state index contributed by atoms with van der Waals surface area (Å²) in [4.78, 5) is 19.9. The number of carbonyl (C=O) groups is 1. The Morgan fingerprint density at radius 3 is 3.04 bits per heavy atom. The first kappa shape index (κ1) is 16.7. The van der Waals surface area contributed by atoms with Crippen LogP contribution in [0.1, 0.15) is 23.8 Å². The van der Waals surface area contributed by atoms with Crippen LogP contribution in [-0.4, -0.2) is 42.8 Å². The Kier molecular flexibility index (Phi) is 5.66. The van der Waals surface area contributed by atoms with Crippen molar-refractivity contribution >= 4 is 23.1 Å². The highest BCUT2D eigenvalue weighted by Crippen LogP contribution is 2.34. The number of rotatable bonds is 6. The van der Waals surface area contributed by atoms with E-state index in [0.717, 1.165) is 19.4 Å². The second-order valence-corrected chi connectivity index (χ2v) is 6.50. The van der Waals surface area contributed by atoms with E-state index in [2.05, 4.69) is 21.7 Å². The first-order chi connectivity index (χ1) is 11.8. The first-order valence-electron chi connectivity index (χ1n) is 7.97. The van der Waals surface area contributed by atoms with Crippen LogP contribution in [-0.2, 0) is 4.74 Å². The van der Waals surface area contributed by atoms with Crippen LogP contribution < -0.4 is 10.1 Å². The van der Waals surface area contributed by atoms with Gasteiger partial charge in [0.1, 0.15) is 6.61 Å². The number of ether oxygens (including phenoxy) is 2. The molecule has 0 saturated carbocycles. The van der Waals surface area contributed by atoms with E-state index >= 15 is 0 Å². The maximum Gasteiger partial charge on any atom is 0.322 e. The lowest BCUT2D eigenvalue weighted by Gasteiger charge is -2.24. The number of nitrogens with one attached hydrogen (secondary N) is 1. The van der Waals surface area contributed by atoms with Gasteiger partial charge in [0.15, 0.2) is 0 Å². The van der Waals surface area contributed by atoms with Crippen molar-refractivity contribution in [3.8, 4) is 5.88 Å². The molecule has 1 atom stereocenters. The van der Waals surface area contributed by atoms with Crippen LogP contribution >= 0.6 is 11.3 Å². The summed E-state index contributed by atoms with van der Waals surface area (Å²) in [6, 6.07) is 7.75. The van der Waals surface area contributed by atoms with Crippen molar-refractivity contribution in [1.29, 1.82) is 0 Å². The van der Waals surface area contributed by atoms with Gasteiger partial charge in [0.05, 0.1) is 24.5 Å². The second kappa shape index (κ2) is 8.12. The van der Waals surface area contributed by atoms with E-state index < -0.39 is 0 Å². The molecule has 6 nitrogen and oxygen atoms in total. The number of amides is 2. The average molecular weight is 347 g/mol. The van der Waals surface area contributed by atoms with Gasteiger partial charge in [0, 0.05) is 24.6 Å². The summed E-state index contributed by atoms with van der Waals surface area (Å²) < 4.78 is 10.3. The van der Waals surface area contributed by atoms with Crippen molar-refractivity contribution in [1.82, 2.24) is 9.88 Å². The summed E-state index contributed by atoms with van der Waals surface area (Å²) in [7, 11) is 1.62. The summed E-state index contributed by atoms with van der Waals surface area (Å²) in [5.74, 6) is 0.516. The molecule has 0 unspecified atom stereocenters. The third-order valence-electron chi connectivity index (χ3n) is 3.91. The molecule has 3 rings (SSSR count). The molecule has 1 aliphatic rings. The number of urea groups is 1. The standard InChI is InChI=1S/C17H21N3O3S/c1-22-9-10-23-16-7-6-13(12-18-16)19-17(21)20-8-2-4-14(20)15-5-3-11-24-15/h3,5-7,11-12,14H,2,4,8-10H2,1H3,(H,19,21)/t14-/m0/s1. The lowest BCUT2D eigenvalue weighted by molar-refractivity contribution is 0.144. The highest BCUT2D eigenvalue weighted by Gasteiger charge is 2.30. The third-order valence-corrected chi connectivity index (χ3v) is 4.88. The number of anilines is 1. The van der Waals surface area contributed by atoms with Crippen molar-refractivity contribution in [3.05, 3.63) is 40.7 Å². The fraction of sp³-hybridized carbons (Fsp3) is 0.412. The molecule has 1 fully saturated rings. The maximum absolute atomic E-state index is 12.6. The molecule has 24 heavy (non-hydrogen) atoms. The fourth-order valence-corrected chi connectivity index (χ4v) is 3.62. The molecular formula is C17H21N3O3S. The monoisotopic (exact) mass is 347 g/mol. The van der Waals surface area contributed by atoms with Gasteiger partial charge in [-0.25, -0.2) is 9.78 Å². The molecule has 0 bridgehead atoms. The Balaban J connectivity index is 1.58. The second-order valence-electron chi connectivity index (χ2n) is 5.52. The lowest BCUT2D eigenvalue weighted by atomic mass is 10.2. The molecule has 0 radical (unpaired) electrons. The van der Waals surface area contributed by atoms with Crippen LogP contribution in [0.15, 0.2) is 35.8 Å². The number of hydrogen-bond donors (Lipinski definition) is 1. The Hall–Kier alpha value is -2.12. The molecule has 1 aliphatic heterocycles. The van der Waals surface area contributed by atoms with Gasteiger partial charge in [0.2, 0.25) is 5.88 Å². The van der Waals surface area contributed by atoms with Gasteiger partial charge in [-0.05, 0) is 30.4 Å². The smallest absolute Gasteiger partial charge is 0.322 e. The van der Waals surface area contributed by atoms with Gasteiger partial charge >= 0.3 is 6.03 Å². The fourth-order valence-electron chi connectivity index (χ4n) is 2.75. The molecule has 2 aromatic rings. The van der Waals surface area contributed by atoms with Crippen molar-refractivity contribution in [2.24, 2.45) is 0 Å². The predicted octanol–water partition coefficient (Wildman–Crippen LogP) is 3.54. The normalized spacial score (nSPS) is 17.0. The van der Waals surface area contributed by atoms with Crippen LogP contribution in [0.3, 0.4) is 0 Å². The van der Waals surface area contributed by atoms with E-state index in [1.165, 1.54) is 4.88 Å². The molecule has 2 aromatic heterocycles. The topological polar surface area (TPSA) is 63.7 Å². The summed E-state index contributed by atoms with van der Waals surface area (Å²) in [6.07, 6.45) is 3.65. The molecule has 0 aromatic carbocycles. The molecule has 0 aliphatic carbocycles. The summed E-state index contributed by atoms with van der Waals surface area (Å²) in [5, 5.41) is 4.97. The molecule has 3 heterocycles. The highest BCUT2D eigenvalue weighted by molar-refractivity contribution is 7.10. The number of carbonyl (C=O) groups excluding carboxylic acids is 1. The minimum absolute atomic E-state index is 0.0826. The SMILES string of the molecule is COCCOc1ccc(NC(=O)N2CCC[C@H]2c2cccs2)cn1. The van der Waals surface area contributed by atoms with Gasteiger partial charge in [-0.2, -0.15) is 0 Å². The zero-order valence-electron chi connectivity index (χ0n) is 13.6. The minimum Gasteiger partial charge on any atom is -0.475 e. The van der Waals surface area contributed by atoms with Gasteiger partial charge in [-0.15, -0.1) is 11.3 Å². The van der Waals surface area contributed by atoms with Crippen molar-refractivity contribution < 1.29 is 14.3 Å². The summed E-state index contributed by atoms with van der Waals surface area (Å²) >= 11 is 1.70. The Bertz CT molecular complexity index is 646. The number of likely N-dealkylation sites (tertiary alicyclic amines) is 1. The zero-order chi connectivity index (χ0) is 16.8. The minimum atomic E-state index is -0.0826. The third kappa shape index (κ3) is 4.04. The number of thiophene rings is 1. The molecule has 0 spiro atoms. The first-order valence-corrected chi connectivity index (χ1v) is 8.84.